The third-order valence-corrected chi connectivity index (χ3v) is 10.8. The summed E-state index contributed by atoms with van der Waals surface area (Å²) in [5, 5.41) is 9.32. The Morgan fingerprint density at radius 3 is 1.58 bits per heavy atom. The van der Waals surface area contributed by atoms with E-state index in [0.717, 1.165) is 60.4 Å². The molecule has 11 aromatic rings. The van der Waals surface area contributed by atoms with Gasteiger partial charge in [0.1, 0.15) is 11.2 Å². The number of rotatable bonds is 4. The summed E-state index contributed by atoms with van der Waals surface area (Å²) in [4.78, 5) is 9.54. The smallest absolute Gasteiger partial charge is 0.143 e. The predicted octanol–water partition coefficient (Wildman–Crippen LogP) is 13.7. The Labute approximate surface area is 305 Å². The van der Waals surface area contributed by atoms with E-state index in [0.29, 0.717) is 0 Å². The molecule has 0 aliphatic carbocycles. The molecule has 0 saturated heterocycles. The Kier molecular flexibility index (Phi) is 6.55. The molecule has 0 N–H and O–H groups in total. The fourth-order valence-electron chi connectivity index (χ4n) is 8.31. The number of hydrogen-bond donors (Lipinski definition) is 0. The minimum Gasteiger partial charge on any atom is -0.455 e. The van der Waals surface area contributed by atoms with Gasteiger partial charge in [-0.1, -0.05) is 146 Å². The van der Waals surface area contributed by atoms with Gasteiger partial charge in [0, 0.05) is 39.5 Å². The van der Waals surface area contributed by atoms with Crippen LogP contribution < -0.4 is 0 Å². The maximum atomic E-state index is 6.46. The van der Waals surface area contributed by atoms with Gasteiger partial charge in [-0.15, -0.1) is 0 Å². The average Bonchev–Trinajstić information content (AvgIpc) is 3.62. The molecule has 0 unspecified atom stereocenters. The third kappa shape index (κ3) is 4.68. The maximum absolute atomic E-state index is 6.46. The minimum absolute atomic E-state index is 0.911. The van der Waals surface area contributed by atoms with E-state index in [2.05, 4.69) is 158 Å². The minimum atomic E-state index is 0.911. The summed E-state index contributed by atoms with van der Waals surface area (Å²) in [6, 6.07) is 60.9. The molecule has 0 amide bonds. The molecular formula is C50H30N2O. The maximum Gasteiger partial charge on any atom is 0.143 e. The van der Waals surface area contributed by atoms with Crippen LogP contribution in [0.2, 0.25) is 0 Å². The summed E-state index contributed by atoms with van der Waals surface area (Å²) < 4.78 is 6.46. The van der Waals surface area contributed by atoms with Crippen LogP contribution in [0.5, 0.6) is 0 Å². The topological polar surface area (TPSA) is 38.9 Å². The monoisotopic (exact) mass is 674 g/mol. The molecule has 0 fully saturated rings. The van der Waals surface area contributed by atoms with Gasteiger partial charge in [0.25, 0.3) is 0 Å². The van der Waals surface area contributed by atoms with Gasteiger partial charge in [-0.2, -0.15) is 0 Å². The Bertz CT molecular complexity index is 3210. The van der Waals surface area contributed by atoms with Crippen LogP contribution >= 0.6 is 0 Å². The lowest BCUT2D eigenvalue weighted by molar-refractivity contribution is 0.670. The van der Waals surface area contributed by atoms with Gasteiger partial charge in [-0.05, 0) is 84.8 Å². The van der Waals surface area contributed by atoms with Crippen molar-refractivity contribution in [2.24, 2.45) is 0 Å². The highest BCUT2D eigenvalue weighted by atomic mass is 16.3. The Morgan fingerprint density at radius 2 is 0.811 bits per heavy atom. The van der Waals surface area contributed by atoms with Gasteiger partial charge in [0.15, 0.2) is 0 Å². The van der Waals surface area contributed by atoms with Crippen molar-refractivity contribution in [1.82, 2.24) is 9.97 Å². The second-order valence-corrected chi connectivity index (χ2v) is 13.7. The molecule has 0 radical (unpaired) electrons. The zero-order chi connectivity index (χ0) is 34.9. The summed E-state index contributed by atoms with van der Waals surface area (Å²) in [5.74, 6) is 0. The molecule has 3 heteroatoms. The zero-order valence-corrected chi connectivity index (χ0v) is 28.6. The summed E-state index contributed by atoms with van der Waals surface area (Å²) >= 11 is 0. The molecule has 9 aromatic carbocycles. The van der Waals surface area contributed by atoms with Crippen LogP contribution in [-0.2, 0) is 0 Å². The van der Waals surface area contributed by atoms with Crippen LogP contribution in [0.3, 0.4) is 0 Å². The normalized spacial score (nSPS) is 11.8. The Morgan fingerprint density at radius 1 is 0.302 bits per heavy atom. The number of fused-ring (bicyclic) bond motifs is 10. The van der Waals surface area contributed by atoms with Gasteiger partial charge in [0.05, 0.1) is 11.0 Å². The molecule has 0 aliphatic rings. The standard InChI is InChI=1S/C50H30N2O/c1-2-16-43-39(14-1)41-25-24-34(30-46(41)49-48(43)51-26-27-52-49)32-11-5-10-31(28-32)33-12-6-13-35(29-33)36-17-7-19-38-37(36)18-8-20-40(38)44-21-9-22-45-42-15-3-4-23-47(42)53-50(44)45/h1-30H. The highest BCUT2D eigenvalue weighted by molar-refractivity contribution is 6.23. The first kappa shape index (κ1) is 29.6. The molecule has 0 bridgehead atoms. The molecular weight excluding hydrogens is 645 g/mol. The first-order chi connectivity index (χ1) is 26.3. The molecule has 53 heavy (non-hydrogen) atoms. The van der Waals surface area contributed by atoms with E-state index < -0.39 is 0 Å². The average molecular weight is 675 g/mol. The first-order valence-electron chi connectivity index (χ1n) is 18.0. The van der Waals surface area contributed by atoms with Gasteiger partial charge < -0.3 is 4.42 Å². The number of benzene rings is 9. The summed E-state index contributed by atoms with van der Waals surface area (Å²) in [6.07, 6.45) is 3.57. The lowest BCUT2D eigenvalue weighted by Crippen LogP contribution is -1.89. The lowest BCUT2D eigenvalue weighted by Gasteiger charge is -2.13. The van der Waals surface area contributed by atoms with Crippen LogP contribution in [0, 0.1) is 0 Å². The van der Waals surface area contributed by atoms with Gasteiger partial charge in [0.2, 0.25) is 0 Å². The van der Waals surface area contributed by atoms with Crippen molar-refractivity contribution in [2.75, 3.05) is 0 Å². The largest absolute Gasteiger partial charge is 0.455 e. The molecule has 0 aliphatic heterocycles. The van der Waals surface area contributed by atoms with E-state index in [-0.39, 0.29) is 0 Å². The van der Waals surface area contributed by atoms with Crippen molar-refractivity contribution in [3.05, 3.63) is 182 Å². The summed E-state index contributed by atoms with van der Waals surface area (Å²) in [6.45, 7) is 0. The number of furan rings is 1. The van der Waals surface area contributed by atoms with Gasteiger partial charge in [-0.25, -0.2) is 0 Å². The fraction of sp³-hybridized carbons (Fsp3) is 0. The van der Waals surface area contributed by atoms with E-state index in [9.17, 15) is 0 Å². The highest BCUT2D eigenvalue weighted by Crippen LogP contribution is 2.41. The fourth-order valence-corrected chi connectivity index (χ4v) is 8.31. The van der Waals surface area contributed by atoms with E-state index in [1.54, 1.807) is 12.4 Å². The van der Waals surface area contributed by atoms with Crippen LogP contribution in [0.4, 0.5) is 0 Å². The van der Waals surface area contributed by atoms with Crippen molar-refractivity contribution in [3.63, 3.8) is 0 Å². The second kappa shape index (κ2) is 11.7. The SMILES string of the molecule is c1cc(-c2cccc(-c3cccc4c(-c5cccc6c5oc5ccccc56)cccc34)c2)cc(-c2ccc3c4ccccc4c4nccnc4c3c2)c1. The van der Waals surface area contributed by atoms with Crippen molar-refractivity contribution < 1.29 is 4.42 Å². The van der Waals surface area contributed by atoms with Crippen molar-refractivity contribution in [3.8, 4) is 44.5 Å². The number of aromatic nitrogens is 2. The van der Waals surface area contributed by atoms with E-state index in [1.165, 1.54) is 49.4 Å². The molecule has 0 saturated carbocycles. The molecule has 11 rings (SSSR count). The van der Waals surface area contributed by atoms with Crippen LogP contribution in [0.1, 0.15) is 0 Å². The molecule has 0 atom stereocenters. The molecule has 2 aromatic heterocycles. The Hall–Kier alpha value is -7.10. The van der Waals surface area contributed by atoms with Crippen LogP contribution in [0.25, 0.3) is 110 Å². The van der Waals surface area contributed by atoms with Crippen LogP contribution in [-0.4, -0.2) is 9.97 Å². The quantitative estimate of drug-likeness (QED) is 0.174. The van der Waals surface area contributed by atoms with Gasteiger partial charge in [-0.3, -0.25) is 9.97 Å². The number of para-hydroxylation sites is 2. The summed E-state index contributed by atoms with van der Waals surface area (Å²) in [5.41, 5.74) is 13.0. The van der Waals surface area contributed by atoms with Crippen molar-refractivity contribution in [2.45, 2.75) is 0 Å². The molecule has 246 valence electrons. The van der Waals surface area contributed by atoms with E-state index in [1.807, 2.05) is 12.1 Å². The molecule has 3 nitrogen and oxygen atoms in total. The van der Waals surface area contributed by atoms with E-state index >= 15 is 0 Å². The highest BCUT2D eigenvalue weighted by Gasteiger charge is 2.16. The number of nitrogens with zero attached hydrogens (tertiary/aromatic N) is 2. The van der Waals surface area contributed by atoms with E-state index in [4.69, 9.17) is 14.4 Å². The third-order valence-electron chi connectivity index (χ3n) is 10.8. The molecule has 0 spiro atoms. The molecule has 2 heterocycles. The predicted molar refractivity (Wildman–Crippen MR) is 221 cm³/mol. The second-order valence-electron chi connectivity index (χ2n) is 13.7. The Balaban J connectivity index is 1.01. The van der Waals surface area contributed by atoms with Crippen LogP contribution in [0.15, 0.2) is 187 Å². The van der Waals surface area contributed by atoms with Gasteiger partial charge >= 0.3 is 0 Å². The first-order valence-corrected chi connectivity index (χ1v) is 18.0. The van der Waals surface area contributed by atoms with Crippen molar-refractivity contribution >= 4 is 65.3 Å². The zero-order valence-electron chi connectivity index (χ0n) is 28.6. The number of hydrogen-bond acceptors (Lipinski definition) is 3. The lowest BCUT2D eigenvalue weighted by atomic mass is 9.91. The summed E-state index contributed by atoms with van der Waals surface area (Å²) in [7, 11) is 0. The van der Waals surface area contributed by atoms with Crippen molar-refractivity contribution in [1.29, 1.82) is 0 Å².